The van der Waals surface area contributed by atoms with Gasteiger partial charge in [0.05, 0.1) is 13.3 Å². The Bertz CT molecular complexity index is 972. The summed E-state index contributed by atoms with van der Waals surface area (Å²) in [5.41, 5.74) is 3.27. The zero-order valence-electron chi connectivity index (χ0n) is 15.3. The molecule has 1 aliphatic heterocycles. The molecule has 4 unspecified atom stereocenters. The van der Waals surface area contributed by atoms with Gasteiger partial charge in [0.2, 0.25) is 0 Å². The van der Waals surface area contributed by atoms with Crippen molar-refractivity contribution in [2.45, 2.75) is 30.3 Å². The third kappa shape index (κ3) is 2.54. The molecular formula is C21H20N4O3. The second-order valence-corrected chi connectivity index (χ2v) is 7.36. The van der Waals surface area contributed by atoms with Crippen molar-refractivity contribution in [3.05, 3.63) is 65.2 Å². The van der Waals surface area contributed by atoms with Crippen molar-refractivity contribution in [1.82, 2.24) is 15.6 Å². The molecule has 1 heterocycles. The number of carbonyl (C=O) groups is 2. The zero-order chi connectivity index (χ0) is 19.3. The molecule has 1 saturated heterocycles. The van der Waals surface area contributed by atoms with Crippen molar-refractivity contribution in [3.8, 4) is 5.75 Å². The highest BCUT2D eigenvalue weighted by Crippen LogP contribution is 2.53. The first-order valence-corrected chi connectivity index (χ1v) is 9.33. The van der Waals surface area contributed by atoms with Crippen LogP contribution in [0.25, 0.3) is 0 Å². The number of urea groups is 2. The number of fused-ring (bicyclic) bond motifs is 2. The Balaban J connectivity index is 1.39. The van der Waals surface area contributed by atoms with Gasteiger partial charge in [-0.2, -0.15) is 5.10 Å². The van der Waals surface area contributed by atoms with E-state index in [-0.39, 0.29) is 23.9 Å². The molecule has 5 rings (SSSR count). The monoisotopic (exact) mass is 376 g/mol. The molecule has 1 saturated carbocycles. The number of amides is 4. The van der Waals surface area contributed by atoms with E-state index in [9.17, 15) is 9.59 Å². The average molecular weight is 376 g/mol. The van der Waals surface area contributed by atoms with Crippen molar-refractivity contribution in [2.75, 3.05) is 7.11 Å². The molecule has 0 radical (unpaired) electrons. The Kier molecular flexibility index (Phi) is 3.82. The van der Waals surface area contributed by atoms with Gasteiger partial charge in [-0.15, -0.1) is 5.01 Å². The molecule has 7 nitrogen and oxygen atoms in total. The molecular weight excluding hydrogens is 356 g/mol. The predicted octanol–water partition coefficient (Wildman–Crippen LogP) is 2.79. The quantitative estimate of drug-likeness (QED) is 0.808. The summed E-state index contributed by atoms with van der Waals surface area (Å²) >= 11 is 0. The molecule has 2 aromatic rings. The molecule has 4 atom stereocenters. The number of ether oxygens (including phenoxy) is 1. The zero-order valence-corrected chi connectivity index (χ0v) is 15.3. The molecule has 0 aromatic heterocycles. The molecule has 4 bridgehead atoms. The average Bonchev–Trinajstić information content (AvgIpc) is 3.20. The number of rotatable bonds is 3. The van der Waals surface area contributed by atoms with Crippen LogP contribution in [-0.4, -0.2) is 42.5 Å². The Morgan fingerprint density at radius 1 is 1.04 bits per heavy atom. The minimum Gasteiger partial charge on any atom is -0.497 e. The number of nitrogens with zero attached hydrogens (tertiary/aromatic N) is 2. The fourth-order valence-corrected chi connectivity index (χ4v) is 4.72. The highest BCUT2D eigenvalue weighted by Gasteiger charge is 2.54. The fraction of sp³-hybridized carbons (Fsp3) is 0.286. The van der Waals surface area contributed by atoms with Crippen LogP contribution in [0.4, 0.5) is 9.59 Å². The van der Waals surface area contributed by atoms with E-state index in [4.69, 9.17) is 4.74 Å². The van der Waals surface area contributed by atoms with Gasteiger partial charge in [-0.25, -0.2) is 9.59 Å². The Morgan fingerprint density at radius 2 is 1.75 bits per heavy atom. The fourth-order valence-electron chi connectivity index (χ4n) is 4.72. The van der Waals surface area contributed by atoms with Crippen LogP contribution < -0.4 is 15.4 Å². The summed E-state index contributed by atoms with van der Waals surface area (Å²) in [6.07, 6.45) is 2.32. The van der Waals surface area contributed by atoms with Gasteiger partial charge >= 0.3 is 12.1 Å². The lowest BCUT2D eigenvalue weighted by atomic mass is 9.88. The number of benzene rings is 2. The number of methoxy groups -OCH3 is 1. The maximum absolute atomic E-state index is 12.8. The van der Waals surface area contributed by atoms with Crippen LogP contribution in [-0.2, 0) is 0 Å². The number of hydrazone groups is 1. The molecule has 0 spiro atoms. The summed E-state index contributed by atoms with van der Waals surface area (Å²) < 4.78 is 5.13. The van der Waals surface area contributed by atoms with Crippen LogP contribution in [0, 0.1) is 0 Å². The van der Waals surface area contributed by atoms with Crippen molar-refractivity contribution < 1.29 is 14.3 Å². The molecule has 2 N–H and O–H groups in total. The maximum atomic E-state index is 12.8. The highest BCUT2D eigenvalue weighted by atomic mass is 16.5. The molecule has 2 fully saturated rings. The second kappa shape index (κ2) is 6.37. The van der Waals surface area contributed by atoms with Gasteiger partial charge in [0.15, 0.2) is 0 Å². The molecule has 3 aliphatic rings. The minimum absolute atomic E-state index is 0.00307. The predicted molar refractivity (Wildman–Crippen MR) is 104 cm³/mol. The number of hydrogen-bond donors (Lipinski definition) is 2. The topological polar surface area (TPSA) is 83.0 Å². The van der Waals surface area contributed by atoms with Crippen LogP contribution >= 0.6 is 0 Å². The number of hydrogen-bond acceptors (Lipinski definition) is 4. The Hall–Kier alpha value is -3.35. The van der Waals surface area contributed by atoms with Crippen LogP contribution in [0.15, 0.2) is 53.6 Å². The first-order chi connectivity index (χ1) is 13.7. The molecule has 142 valence electrons. The highest BCUT2D eigenvalue weighted by molar-refractivity contribution is 5.96. The normalized spacial score (nSPS) is 27.8. The van der Waals surface area contributed by atoms with Gasteiger partial charge in [0.25, 0.3) is 0 Å². The number of imide groups is 1. The lowest BCUT2D eigenvalue weighted by molar-refractivity contribution is 0.177. The summed E-state index contributed by atoms with van der Waals surface area (Å²) in [6.45, 7) is 0. The molecule has 2 aliphatic carbocycles. The van der Waals surface area contributed by atoms with Crippen molar-refractivity contribution in [1.29, 1.82) is 0 Å². The first kappa shape index (κ1) is 16.8. The van der Waals surface area contributed by atoms with Gasteiger partial charge in [0, 0.05) is 23.9 Å². The van der Waals surface area contributed by atoms with Crippen LogP contribution in [0.3, 0.4) is 0 Å². The smallest absolute Gasteiger partial charge is 0.346 e. The molecule has 4 amide bonds. The van der Waals surface area contributed by atoms with E-state index in [1.54, 1.807) is 19.2 Å². The summed E-state index contributed by atoms with van der Waals surface area (Å²) in [4.78, 5) is 25.5. The summed E-state index contributed by atoms with van der Waals surface area (Å²) in [6, 6.07) is 14.4. The second-order valence-electron chi connectivity index (χ2n) is 7.36. The van der Waals surface area contributed by atoms with E-state index in [1.807, 2.05) is 24.3 Å². The van der Waals surface area contributed by atoms with E-state index in [1.165, 1.54) is 17.3 Å². The van der Waals surface area contributed by atoms with E-state index in [0.717, 1.165) is 22.7 Å². The standard InChI is InChI=1S/C21H20N4O3/c1-28-13-8-6-12(7-9-13)11-22-25-20(26)23-17-10-16-14-4-2-3-5-15(14)18(17)19(16)24-21(25)27/h2-9,11,16-19H,10H2,1H3,(H,23,26)(H,24,27). The molecule has 7 heteroatoms. The minimum atomic E-state index is -0.504. The van der Waals surface area contributed by atoms with E-state index in [2.05, 4.69) is 27.9 Å². The summed E-state index contributed by atoms with van der Waals surface area (Å²) in [5.74, 6) is 1.06. The number of carbonyl (C=O) groups excluding carboxylic acids is 2. The third-order valence-corrected chi connectivity index (χ3v) is 5.94. The van der Waals surface area contributed by atoms with Gasteiger partial charge in [-0.3, -0.25) is 0 Å². The summed E-state index contributed by atoms with van der Waals surface area (Å²) in [5, 5.41) is 11.1. The lowest BCUT2D eigenvalue weighted by Gasteiger charge is -2.30. The summed E-state index contributed by atoms with van der Waals surface area (Å²) in [7, 11) is 1.59. The Morgan fingerprint density at radius 3 is 2.50 bits per heavy atom. The van der Waals surface area contributed by atoms with Crippen LogP contribution in [0.1, 0.15) is 34.9 Å². The lowest BCUT2D eigenvalue weighted by Crippen LogP contribution is -2.55. The largest absolute Gasteiger partial charge is 0.497 e. The molecule has 2 aromatic carbocycles. The van der Waals surface area contributed by atoms with Crippen LogP contribution in [0.5, 0.6) is 5.75 Å². The van der Waals surface area contributed by atoms with Crippen molar-refractivity contribution in [2.24, 2.45) is 5.10 Å². The van der Waals surface area contributed by atoms with E-state index >= 15 is 0 Å². The van der Waals surface area contributed by atoms with Gasteiger partial charge < -0.3 is 15.4 Å². The van der Waals surface area contributed by atoms with Crippen LogP contribution in [0.2, 0.25) is 0 Å². The van der Waals surface area contributed by atoms with Gasteiger partial charge in [-0.05, 0) is 47.4 Å². The van der Waals surface area contributed by atoms with E-state index in [0.29, 0.717) is 0 Å². The number of nitrogens with one attached hydrogen (secondary N) is 2. The first-order valence-electron chi connectivity index (χ1n) is 9.33. The van der Waals surface area contributed by atoms with Gasteiger partial charge in [0.1, 0.15) is 5.75 Å². The SMILES string of the molecule is COc1ccc(C=NN2C(=O)NC3CC4c5ccccc5C3C4NC2=O)cc1. The third-order valence-electron chi connectivity index (χ3n) is 5.94. The van der Waals surface area contributed by atoms with Gasteiger partial charge in [-0.1, -0.05) is 24.3 Å². The Labute approximate surface area is 162 Å². The van der Waals surface area contributed by atoms with Crippen molar-refractivity contribution in [3.63, 3.8) is 0 Å². The van der Waals surface area contributed by atoms with Crippen molar-refractivity contribution >= 4 is 18.3 Å². The van der Waals surface area contributed by atoms with E-state index < -0.39 is 12.1 Å². The molecule has 28 heavy (non-hydrogen) atoms. The maximum Gasteiger partial charge on any atom is 0.346 e.